The van der Waals surface area contributed by atoms with Crippen LogP contribution in [-0.2, 0) is 16.6 Å². The van der Waals surface area contributed by atoms with Gasteiger partial charge in [-0.3, -0.25) is 14.4 Å². The minimum atomic E-state index is -0.0342. The van der Waals surface area contributed by atoms with Gasteiger partial charge in [-0.25, -0.2) is 0 Å². The molecular formula is C18H24N4O2. The molecule has 0 radical (unpaired) electrons. The third-order valence-electron chi connectivity index (χ3n) is 4.27. The first-order valence-corrected chi connectivity index (χ1v) is 8.24. The van der Waals surface area contributed by atoms with Gasteiger partial charge in [0.25, 0.3) is 0 Å². The van der Waals surface area contributed by atoms with Crippen LogP contribution in [0.15, 0.2) is 36.4 Å². The Labute approximate surface area is 142 Å². The number of carbonyl (C=O) groups is 1. The maximum absolute atomic E-state index is 12.5. The van der Waals surface area contributed by atoms with Gasteiger partial charge in [0.1, 0.15) is 5.82 Å². The van der Waals surface area contributed by atoms with E-state index in [0.717, 1.165) is 18.1 Å². The Morgan fingerprint density at radius 3 is 2.79 bits per heavy atom. The van der Waals surface area contributed by atoms with Gasteiger partial charge in [-0.05, 0) is 19.4 Å². The van der Waals surface area contributed by atoms with Crippen LogP contribution in [0.3, 0.4) is 0 Å². The fourth-order valence-corrected chi connectivity index (χ4v) is 3.12. The van der Waals surface area contributed by atoms with E-state index in [-0.39, 0.29) is 18.1 Å². The van der Waals surface area contributed by atoms with Crippen LogP contribution >= 0.6 is 0 Å². The van der Waals surface area contributed by atoms with Crippen molar-refractivity contribution in [3.63, 3.8) is 0 Å². The quantitative estimate of drug-likeness (QED) is 0.934. The fraction of sp³-hybridized carbons (Fsp3) is 0.444. The highest BCUT2D eigenvalue weighted by Gasteiger charge is 2.29. The molecule has 3 rings (SSSR count). The Morgan fingerprint density at radius 1 is 1.38 bits per heavy atom. The van der Waals surface area contributed by atoms with E-state index in [2.05, 4.69) is 27.4 Å². The Bertz CT molecular complexity index is 698. The standard InChI is InChI=1S/C18H24N4O2/c1-13-9-17(21(3)20-13)19-18(23)11-22-10-14(2)24-12-16(22)15-7-5-4-6-8-15/h4-9,14,16H,10-12H2,1-3H3,(H,19,23)/t14-,16+/m0/s1. The van der Waals surface area contributed by atoms with Gasteiger partial charge in [0.2, 0.25) is 5.91 Å². The number of morpholine rings is 1. The molecule has 24 heavy (non-hydrogen) atoms. The molecule has 1 aromatic carbocycles. The second kappa shape index (κ2) is 7.15. The summed E-state index contributed by atoms with van der Waals surface area (Å²) in [5, 5.41) is 7.20. The average molecular weight is 328 g/mol. The van der Waals surface area contributed by atoms with Gasteiger partial charge >= 0.3 is 0 Å². The number of aryl methyl sites for hydroxylation is 2. The molecule has 1 amide bonds. The lowest BCUT2D eigenvalue weighted by molar-refractivity contribution is -0.121. The van der Waals surface area contributed by atoms with Crippen LogP contribution in [-0.4, -0.2) is 46.4 Å². The lowest BCUT2D eigenvalue weighted by Crippen LogP contribution is -2.46. The van der Waals surface area contributed by atoms with Crippen molar-refractivity contribution in [2.45, 2.75) is 26.0 Å². The van der Waals surface area contributed by atoms with Crippen molar-refractivity contribution in [3.05, 3.63) is 47.7 Å². The van der Waals surface area contributed by atoms with Crippen LogP contribution in [0.2, 0.25) is 0 Å². The molecule has 1 aliphatic rings. The second-order valence-corrected chi connectivity index (χ2v) is 6.34. The van der Waals surface area contributed by atoms with Gasteiger partial charge in [0.05, 0.1) is 31.0 Å². The van der Waals surface area contributed by atoms with Crippen LogP contribution in [0, 0.1) is 6.92 Å². The first-order valence-electron chi connectivity index (χ1n) is 8.24. The highest BCUT2D eigenvalue weighted by Crippen LogP contribution is 2.26. The normalized spacial score (nSPS) is 21.6. The van der Waals surface area contributed by atoms with E-state index >= 15 is 0 Å². The van der Waals surface area contributed by atoms with Crippen LogP contribution < -0.4 is 5.32 Å². The zero-order chi connectivity index (χ0) is 17.1. The van der Waals surface area contributed by atoms with Gasteiger partial charge in [0, 0.05) is 19.7 Å². The van der Waals surface area contributed by atoms with Crippen molar-refractivity contribution in [3.8, 4) is 0 Å². The van der Waals surface area contributed by atoms with Crippen molar-refractivity contribution in [2.75, 3.05) is 25.0 Å². The maximum Gasteiger partial charge on any atom is 0.239 e. The van der Waals surface area contributed by atoms with Crippen LogP contribution in [0.1, 0.15) is 24.2 Å². The summed E-state index contributed by atoms with van der Waals surface area (Å²) in [6, 6.07) is 12.2. The van der Waals surface area contributed by atoms with E-state index < -0.39 is 0 Å². The minimum Gasteiger partial charge on any atom is -0.375 e. The number of benzene rings is 1. The molecule has 6 heteroatoms. The van der Waals surface area contributed by atoms with Crippen molar-refractivity contribution in [1.29, 1.82) is 0 Å². The van der Waals surface area contributed by atoms with Gasteiger partial charge in [0.15, 0.2) is 0 Å². The first kappa shape index (κ1) is 16.7. The summed E-state index contributed by atoms with van der Waals surface area (Å²) in [6.07, 6.45) is 0.122. The summed E-state index contributed by atoms with van der Waals surface area (Å²) in [6.45, 7) is 5.61. The van der Waals surface area contributed by atoms with E-state index in [9.17, 15) is 4.79 Å². The summed E-state index contributed by atoms with van der Waals surface area (Å²) in [4.78, 5) is 14.7. The van der Waals surface area contributed by atoms with Crippen molar-refractivity contribution >= 4 is 11.7 Å². The predicted octanol–water partition coefficient (Wildman–Crippen LogP) is 2.13. The molecule has 1 saturated heterocycles. The number of anilines is 1. The Kier molecular flexibility index (Phi) is 4.97. The lowest BCUT2D eigenvalue weighted by atomic mass is 10.0. The molecule has 0 saturated carbocycles. The zero-order valence-electron chi connectivity index (χ0n) is 14.4. The van der Waals surface area contributed by atoms with Crippen molar-refractivity contribution in [1.82, 2.24) is 14.7 Å². The number of carbonyl (C=O) groups excluding carboxylic acids is 1. The third-order valence-corrected chi connectivity index (χ3v) is 4.27. The van der Waals surface area contributed by atoms with E-state index in [1.54, 1.807) is 4.68 Å². The summed E-state index contributed by atoms with van der Waals surface area (Å²) in [7, 11) is 1.83. The summed E-state index contributed by atoms with van der Waals surface area (Å²) in [5.74, 6) is 0.683. The predicted molar refractivity (Wildman–Crippen MR) is 92.7 cm³/mol. The molecule has 0 bridgehead atoms. The molecule has 128 valence electrons. The summed E-state index contributed by atoms with van der Waals surface area (Å²) >= 11 is 0. The molecule has 2 atom stereocenters. The van der Waals surface area contributed by atoms with E-state index in [0.29, 0.717) is 13.2 Å². The monoisotopic (exact) mass is 328 g/mol. The molecule has 2 aromatic rings. The zero-order valence-corrected chi connectivity index (χ0v) is 14.4. The van der Waals surface area contributed by atoms with Crippen LogP contribution in [0.4, 0.5) is 5.82 Å². The molecule has 1 aromatic heterocycles. The number of ether oxygens (including phenoxy) is 1. The number of hydrogen-bond donors (Lipinski definition) is 1. The highest BCUT2D eigenvalue weighted by atomic mass is 16.5. The Balaban J connectivity index is 1.70. The Morgan fingerprint density at radius 2 is 2.12 bits per heavy atom. The lowest BCUT2D eigenvalue weighted by Gasteiger charge is -2.38. The molecular weight excluding hydrogens is 304 g/mol. The number of nitrogens with one attached hydrogen (secondary N) is 1. The maximum atomic E-state index is 12.5. The number of hydrogen-bond acceptors (Lipinski definition) is 4. The van der Waals surface area contributed by atoms with Crippen LogP contribution in [0.5, 0.6) is 0 Å². The summed E-state index contributed by atoms with van der Waals surface area (Å²) in [5.41, 5.74) is 2.06. The number of amides is 1. The molecule has 6 nitrogen and oxygen atoms in total. The Hall–Kier alpha value is -2.18. The number of nitrogens with zero attached hydrogens (tertiary/aromatic N) is 3. The highest BCUT2D eigenvalue weighted by molar-refractivity contribution is 5.91. The van der Waals surface area contributed by atoms with Gasteiger partial charge < -0.3 is 10.1 Å². The van der Waals surface area contributed by atoms with E-state index in [1.165, 1.54) is 5.56 Å². The van der Waals surface area contributed by atoms with Crippen LogP contribution in [0.25, 0.3) is 0 Å². The smallest absolute Gasteiger partial charge is 0.239 e. The number of rotatable bonds is 4. The third kappa shape index (κ3) is 3.83. The van der Waals surface area contributed by atoms with E-state index in [4.69, 9.17) is 4.74 Å². The van der Waals surface area contributed by atoms with Gasteiger partial charge in [-0.2, -0.15) is 5.10 Å². The molecule has 1 N–H and O–H groups in total. The molecule has 0 unspecified atom stereocenters. The van der Waals surface area contributed by atoms with Gasteiger partial charge in [-0.1, -0.05) is 30.3 Å². The topological polar surface area (TPSA) is 59.4 Å². The van der Waals surface area contributed by atoms with Crippen molar-refractivity contribution < 1.29 is 9.53 Å². The van der Waals surface area contributed by atoms with Gasteiger partial charge in [-0.15, -0.1) is 0 Å². The van der Waals surface area contributed by atoms with E-state index in [1.807, 2.05) is 45.2 Å². The fourth-order valence-electron chi connectivity index (χ4n) is 3.12. The average Bonchev–Trinajstić information content (AvgIpc) is 2.85. The molecule has 2 heterocycles. The minimum absolute atomic E-state index is 0.0342. The molecule has 1 fully saturated rings. The van der Waals surface area contributed by atoms with Crippen molar-refractivity contribution in [2.24, 2.45) is 7.05 Å². The molecule has 1 aliphatic heterocycles. The molecule has 0 spiro atoms. The summed E-state index contributed by atoms with van der Waals surface area (Å²) < 4.78 is 7.49. The first-order chi connectivity index (χ1) is 11.5. The SMILES string of the molecule is Cc1cc(NC(=O)CN2C[C@H](C)OC[C@@H]2c2ccccc2)n(C)n1. The molecule has 0 aliphatic carbocycles. The second-order valence-electron chi connectivity index (χ2n) is 6.34. The largest absolute Gasteiger partial charge is 0.375 e. The number of aromatic nitrogens is 2.